The predicted molar refractivity (Wildman–Crippen MR) is 117 cm³/mol. The van der Waals surface area contributed by atoms with Gasteiger partial charge in [-0.3, -0.25) is 14.9 Å². The molecule has 1 heterocycles. The highest BCUT2D eigenvalue weighted by Crippen LogP contribution is 2.25. The Morgan fingerprint density at radius 2 is 1.61 bits per heavy atom. The van der Waals surface area contributed by atoms with Gasteiger partial charge in [0.25, 0.3) is 11.6 Å². The summed E-state index contributed by atoms with van der Waals surface area (Å²) in [6, 6.07) is 24.4. The van der Waals surface area contributed by atoms with Crippen LogP contribution in [0.5, 0.6) is 0 Å². The molecule has 0 atom stereocenters. The van der Waals surface area contributed by atoms with Crippen LogP contribution >= 0.6 is 0 Å². The summed E-state index contributed by atoms with van der Waals surface area (Å²) < 4.78 is 1.69. The van der Waals surface area contributed by atoms with Gasteiger partial charge in [0.1, 0.15) is 5.69 Å². The molecule has 0 saturated carbocycles. The number of benzene rings is 3. The third-order valence-corrected chi connectivity index (χ3v) is 4.52. The van der Waals surface area contributed by atoms with Crippen LogP contribution in [0.4, 0.5) is 5.69 Å². The van der Waals surface area contributed by atoms with Crippen molar-refractivity contribution in [2.45, 2.75) is 0 Å². The molecule has 1 aromatic heterocycles. The van der Waals surface area contributed by atoms with E-state index < -0.39 is 4.92 Å². The van der Waals surface area contributed by atoms with E-state index in [0.717, 1.165) is 5.69 Å². The molecule has 4 aromatic rings. The number of carbonyl (C=O) groups is 1. The Bertz CT molecular complexity index is 1230. The predicted octanol–water partition coefficient (Wildman–Crippen LogP) is 4.21. The minimum Gasteiger partial charge on any atom is -0.267 e. The normalized spacial score (nSPS) is 10.8. The number of para-hydroxylation sites is 1. The Morgan fingerprint density at radius 3 is 2.26 bits per heavy atom. The maximum atomic E-state index is 12.2. The third-order valence-electron chi connectivity index (χ3n) is 4.52. The average Bonchev–Trinajstić information content (AvgIpc) is 3.24. The van der Waals surface area contributed by atoms with Gasteiger partial charge in [-0.2, -0.15) is 10.2 Å². The SMILES string of the molecule is O=C(NN=Cc1cn(-c2ccccc2)nc1-c1ccc([N+](=O)[O-])cc1)c1ccccc1. The number of nitrogens with zero attached hydrogens (tertiary/aromatic N) is 4. The lowest BCUT2D eigenvalue weighted by molar-refractivity contribution is -0.384. The summed E-state index contributed by atoms with van der Waals surface area (Å²) in [5.74, 6) is -0.329. The molecule has 3 aromatic carbocycles. The highest BCUT2D eigenvalue weighted by molar-refractivity contribution is 5.95. The number of aromatic nitrogens is 2. The van der Waals surface area contributed by atoms with E-state index in [0.29, 0.717) is 22.4 Å². The summed E-state index contributed by atoms with van der Waals surface area (Å²) in [5, 5.41) is 19.6. The molecule has 0 aliphatic carbocycles. The van der Waals surface area contributed by atoms with Crippen LogP contribution in [0.1, 0.15) is 15.9 Å². The number of hydrazone groups is 1. The van der Waals surface area contributed by atoms with Gasteiger partial charge in [0, 0.05) is 35.0 Å². The van der Waals surface area contributed by atoms with Crippen LogP contribution in [0.25, 0.3) is 16.9 Å². The highest BCUT2D eigenvalue weighted by atomic mass is 16.6. The second kappa shape index (κ2) is 8.83. The van der Waals surface area contributed by atoms with Gasteiger partial charge in [-0.15, -0.1) is 0 Å². The molecule has 8 nitrogen and oxygen atoms in total. The van der Waals surface area contributed by atoms with Crippen LogP contribution in [0.3, 0.4) is 0 Å². The van der Waals surface area contributed by atoms with E-state index in [1.807, 2.05) is 36.4 Å². The van der Waals surface area contributed by atoms with Crippen molar-refractivity contribution in [3.63, 3.8) is 0 Å². The zero-order valence-electron chi connectivity index (χ0n) is 16.3. The smallest absolute Gasteiger partial charge is 0.267 e. The van der Waals surface area contributed by atoms with Crippen LogP contribution in [-0.4, -0.2) is 26.8 Å². The molecule has 0 spiro atoms. The molecule has 0 fully saturated rings. The Labute approximate surface area is 177 Å². The number of nitro groups is 1. The fraction of sp³-hybridized carbons (Fsp3) is 0. The van der Waals surface area contributed by atoms with Crippen LogP contribution in [-0.2, 0) is 0 Å². The van der Waals surface area contributed by atoms with Gasteiger partial charge in [-0.25, -0.2) is 10.1 Å². The Hall–Kier alpha value is -4.59. The molecule has 0 radical (unpaired) electrons. The van der Waals surface area contributed by atoms with Crippen molar-refractivity contribution in [2.24, 2.45) is 5.10 Å². The van der Waals surface area contributed by atoms with Gasteiger partial charge in [0.15, 0.2) is 0 Å². The first kappa shape index (κ1) is 19.7. The zero-order valence-corrected chi connectivity index (χ0v) is 16.3. The molecule has 0 saturated heterocycles. The summed E-state index contributed by atoms with van der Waals surface area (Å²) in [4.78, 5) is 22.7. The van der Waals surface area contributed by atoms with Gasteiger partial charge >= 0.3 is 0 Å². The van der Waals surface area contributed by atoms with Crippen molar-refractivity contribution < 1.29 is 9.72 Å². The molecular formula is C23H17N5O3. The highest BCUT2D eigenvalue weighted by Gasteiger charge is 2.13. The summed E-state index contributed by atoms with van der Waals surface area (Å²) >= 11 is 0. The van der Waals surface area contributed by atoms with Crippen LogP contribution in [0.2, 0.25) is 0 Å². The van der Waals surface area contributed by atoms with E-state index >= 15 is 0 Å². The number of nitrogens with one attached hydrogen (secondary N) is 1. The number of nitro benzene ring substituents is 1. The Morgan fingerprint density at radius 1 is 0.968 bits per heavy atom. The van der Waals surface area contributed by atoms with E-state index in [9.17, 15) is 14.9 Å². The standard InChI is InChI=1S/C23H17N5O3/c29-23(18-7-3-1-4-8-18)25-24-15-19-16-27(20-9-5-2-6-10-20)26-22(19)17-11-13-21(14-12-17)28(30)31/h1-16H,(H,25,29). The molecule has 0 aliphatic rings. The Kier molecular flexibility index (Phi) is 5.62. The summed E-state index contributed by atoms with van der Waals surface area (Å²) in [6.45, 7) is 0. The van der Waals surface area contributed by atoms with E-state index in [2.05, 4.69) is 15.6 Å². The van der Waals surface area contributed by atoms with E-state index in [-0.39, 0.29) is 11.6 Å². The van der Waals surface area contributed by atoms with E-state index in [4.69, 9.17) is 0 Å². The van der Waals surface area contributed by atoms with Crippen LogP contribution in [0.15, 0.2) is 96.2 Å². The van der Waals surface area contributed by atoms with Gasteiger partial charge in [-0.05, 0) is 36.4 Å². The van der Waals surface area contributed by atoms with E-state index in [1.54, 1.807) is 47.3 Å². The van der Waals surface area contributed by atoms with Gasteiger partial charge in [-0.1, -0.05) is 36.4 Å². The molecule has 1 N–H and O–H groups in total. The summed E-state index contributed by atoms with van der Waals surface area (Å²) in [7, 11) is 0. The van der Waals surface area contributed by atoms with Crippen molar-refractivity contribution >= 4 is 17.8 Å². The molecule has 0 aliphatic heterocycles. The Balaban J connectivity index is 1.65. The van der Waals surface area contributed by atoms with Crippen molar-refractivity contribution in [3.05, 3.63) is 112 Å². The average molecular weight is 411 g/mol. The van der Waals surface area contributed by atoms with Gasteiger partial charge in [0.05, 0.1) is 16.8 Å². The zero-order chi connectivity index (χ0) is 21.6. The topological polar surface area (TPSA) is 102 Å². The first-order valence-corrected chi connectivity index (χ1v) is 9.40. The van der Waals surface area contributed by atoms with Gasteiger partial charge in [0.2, 0.25) is 0 Å². The number of carbonyl (C=O) groups excluding carboxylic acids is 1. The van der Waals surface area contributed by atoms with Crippen molar-refractivity contribution in [3.8, 4) is 16.9 Å². The number of amides is 1. The summed E-state index contributed by atoms with van der Waals surface area (Å²) in [5.41, 5.74) is 5.76. The first-order valence-electron chi connectivity index (χ1n) is 9.40. The first-order chi connectivity index (χ1) is 15.1. The lowest BCUT2D eigenvalue weighted by Crippen LogP contribution is -2.17. The van der Waals surface area contributed by atoms with Gasteiger partial charge < -0.3 is 0 Å². The second-order valence-electron chi connectivity index (χ2n) is 6.58. The fourth-order valence-electron chi connectivity index (χ4n) is 2.97. The molecule has 0 unspecified atom stereocenters. The number of non-ortho nitro benzene ring substituents is 1. The second-order valence-corrected chi connectivity index (χ2v) is 6.58. The number of hydrogen-bond acceptors (Lipinski definition) is 5. The molecule has 152 valence electrons. The third kappa shape index (κ3) is 4.54. The van der Waals surface area contributed by atoms with Crippen molar-refractivity contribution in [1.29, 1.82) is 0 Å². The maximum absolute atomic E-state index is 12.2. The number of rotatable bonds is 6. The molecular weight excluding hydrogens is 394 g/mol. The van der Waals surface area contributed by atoms with Crippen LogP contribution in [0, 0.1) is 10.1 Å². The molecule has 1 amide bonds. The minimum absolute atomic E-state index is 0.00316. The molecule has 8 heteroatoms. The van der Waals surface area contributed by atoms with Crippen LogP contribution < -0.4 is 5.43 Å². The molecule has 31 heavy (non-hydrogen) atoms. The largest absolute Gasteiger partial charge is 0.271 e. The van der Waals surface area contributed by atoms with Crippen molar-refractivity contribution in [2.75, 3.05) is 0 Å². The van der Waals surface area contributed by atoms with E-state index in [1.165, 1.54) is 18.3 Å². The molecule has 4 rings (SSSR count). The fourth-order valence-corrected chi connectivity index (χ4v) is 2.97. The summed E-state index contributed by atoms with van der Waals surface area (Å²) in [6.07, 6.45) is 3.29. The quantitative estimate of drug-likeness (QED) is 0.292. The lowest BCUT2D eigenvalue weighted by Gasteiger charge is -2.01. The lowest BCUT2D eigenvalue weighted by atomic mass is 10.1. The monoisotopic (exact) mass is 411 g/mol. The minimum atomic E-state index is -0.451. The number of hydrogen-bond donors (Lipinski definition) is 1. The molecule has 0 bridgehead atoms. The van der Waals surface area contributed by atoms with Crippen molar-refractivity contribution in [1.82, 2.24) is 15.2 Å². The maximum Gasteiger partial charge on any atom is 0.271 e.